The fourth-order valence-electron chi connectivity index (χ4n) is 3.40. The van der Waals surface area contributed by atoms with Gasteiger partial charge in [0.1, 0.15) is 0 Å². The van der Waals surface area contributed by atoms with Crippen molar-refractivity contribution in [2.75, 3.05) is 0 Å². The Bertz CT molecular complexity index is 1310. The van der Waals surface area contributed by atoms with Crippen molar-refractivity contribution in [3.63, 3.8) is 0 Å². The van der Waals surface area contributed by atoms with E-state index in [4.69, 9.17) is 15.0 Å². The Morgan fingerprint density at radius 1 is 0.484 bits per heavy atom. The number of benzene rings is 3. The number of hydrogen-bond acceptors (Lipinski definition) is 3. The van der Waals surface area contributed by atoms with E-state index in [0.29, 0.717) is 17.5 Å². The molecule has 0 unspecified atom stereocenters. The molecule has 1 aromatic heterocycles. The molecule has 0 saturated carbocycles. The Labute approximate surface area is 182 Å². The molecule has 0 radical (unpaired) electrons. The second-order valence-electron chi connectivity index (χ2n) is 7.30. The number of rotatable bonds is 4. The van der Waals surface area contributed by atoms with E-state index in [2.05, 4.69) is 36.4 Å². The topological polar surface area (TPSA) is 38.7 Å². The summed E-state index contributed by atoms with van der Waals surface area (Å²) in [5, 5.41) is 0. The lowest BCUT2D eigenvalue weighted by Gasteiger charge is -2.09. The molecule has 146 valence electrons. The highest BCUT2D eigenvalue weighted by Gasteiger charge is 2.12. The van der Waals surface area contributed by atoms with Gasteiger partial charge in [0.2, 0.25) is 0 Å². The number of hydrogen-bond donors (Lipinski definition) is 0. The lowest BCUT2D eigenvalue weighted by Crippen LogP contribution is -2.00. The van der Waals surface area contributed by atoms with Crippen LogP contribution in [-0.4, -0.2) is 15.0 Å². The van der Waals surface area contributed by atoms with Crippen LogP contribution in [0, 0.1) is 19.1 Å². The number of nitrogens with zero attached hydrogens (tertiary/aromatic N) is 3. The molecule has 0 aliphatic heterocycles. The second kappa shape index (κ2) is 8.22. The van der Waals surface area contributed by atoms with Gasteiger partial charge in [0, 0.05) is 11.1 Å². The molecule has 0 N–H and O–H groups in total. The molecule has 0 bridgehead atoms. The average molecular weight is 397 g/mol. The van der Waals surface area contributed by atoms with Crippen molar-refractivity contribution >= 4 is 0 Å². The van der Waals surface area contributed by atoms with Gasteiger partial charge in [0.05, 0.1) is 5.56 Å². The standard InChI is InChI=1S/C28H19N3/c1-20-15-17-23(18-16-20)27-29-26(22-11-6-3-7-12-22)30-28(31-27)25-14-8-13-24(19-25)21-9-4-2-5-10-21/h2-15,17,19H,1H3. The van der Waals surface area contributed by atoms with Gasteiger partial charge in [-0.15, -0.1) is 0 Å². The summed E-state index contributed by atoms with van der Waals surface area (Å²) in [6, 6.07) is 38.8. The first-order valence-electron chi connectivity index (χ1n) is 10.1. The highest BCUT2D eigenvalue weighted by Crippen LogP contribution is 2.27. The molecular weight excluding hydrogens is 378 g/mol. The molecule has 0 saturated heterocycles. The molecule has 0 atom stereocenters. The SMILES string of the molecule is Cc1c#cc(-c2nc(-c3ccccc3)nc(-c3cccc(-c4ccccc4)c3)n2)cc1. The summed E-state index contributed by atoms with van der Waals surface area (Å²) >= 11 is 0. The molecule has 4 aromatic carbocycles. The number of aromatic nitrogens is 3. The van der Waals surface area contributed by atoms with Crippen molar-refractivity contribution in [3.05, 3.63) is 115 Å². The Kier molecular flexibility index (Phi) is 4.96. The van der Waals surface area contributed by atoms with Gasteiger partial charge in [-0.3, -0.25) is 0 Å². The highest BCUT2D eigenvalue weighted by molar-refractivity contribution is 5.72. The summed E-state index contributed by atoms with van der Waals surface area (Å²) in [7, 11) is 0. The molecule has 1 heterocycles. The molecule has 0 spiro atoms. The predicted octanol–water partition coefficient (Wildman–Crippen LogP) is 6.45. The summed E-state index contributed by atoms with van der Waals surface area (Å²) in [6.07, 6.45) is 0. The lowest BCUT2D eigenvalue weighted by molar-refractivity contribution is 1.07. The van der Waals surface area contributed by atoms with Crippen LogP contribution in [-0.2, 0) is 0 Å². The summed E-state index contributed by atoms with van der Waals surface area (Å²) in [5.41, 5.74) is 5.99. The van der Waals surface area contributed by atoms with Gasteiger partial charge in [-0.1, -0.05) is 91.0 Å². The maximum absolute atomic E-state index is 4.81. The zero-order valence-electron chi connectivity index (χ0n) is 17.1. The number of aryl methyl sites for hydroxylation is 1. The minimum atomic E-state index is 0.588. The molecule has 3 nitrogen and oxygen atoms in total. The Morgan fingerprint density at radius 3 is 1.74 bits per heavy atom. The van der Waals surface area contributed by atoms with E-state index in [1.807, 2.05) is 79.7 Å². The van der Waals surface area contributed by atoms with Crippen LogP contribution in [0.15, 0.2) is 97.1 Å². The van der Waals surface area contributed by atoms with Gasteiger partial charge < -0.3 is 0 Å². The van der Waals surface area contributed by atoms with Crippen LogP contribution < -0.4 is 0 Å². The van der Waals surface area contributed by atoms with Gasteiger partial charge in [-0.2, -0.15) is 0 Å². The molecule has 0 fully saturated rings. The Balaban J connectivity index is 1.66. The van der Waals surface area contributed by atoms with Gasteiger partial charge in [0.25, 0.3) is 0 Å². The van der Waals surface area contributed by atoms with Crippen molar-refractivity contribution in [1.82, 2.24) is 15.0 Å². The minimum Gasteiger partial charge on any atom is -0.208 e. The van der Waals surface area contributed by atoms with E-state index >= 15 is 0 Å². The van der Waals surface area contributed by atoms with E-state index in [1.165, 1.54) is 0 Å². The van der Waals surface area contributed by atoms with E-state index in [1.54, 1.807) is 0 Å². The Morgan fingerprint density at radius 2 is 1.06 bits per heavy atom. The lowest BCUT2D eigenvalue weighted by atomic mass is 10.0. The van der Waals surface area contributed by atoms with Crippen LogP contribution >= 0.6 is 0 Å². The van der Waals surface area contributed by atoms with Crippen LogP contribution in [0.25, 0.3) is 45.3 Å². The van der Waals surface area contributed by atoms with Crippen LogP contribution in [0.5, 0.6) is 0 Å². The summed E-state index contributed by atoms with van der Waals surface area (Å²) in [5.74, 6) is 1.86. The van der Waals surface area contributed by atoms with Crippen LogP contribution in [0.1, 0.15) is 5.56 Å². The van der Waals surface area contributed by atoms with Gasteiger partial charge >= 0.3 is 0 Å². The molecule has 0 amide bonds. The average Bonchev–Trinajstić information content (AvgIpc) is 2.85. The molecule has 5 aromatic rings. The second-order valence-corrected chi connectivity index (χ2v) is 7.30. The molecule has 3 heteroatoms. The maximum atomic E-state index is 4.81. The summed E-state index contributed by atoms with van der Waals surface area (Å²) in [4.78, 5) is 14.3. The minimum absolute atomic E-state index is 0.588. The monoisotopic (exact) mass is 397 g/mol. The van der Waals surface area contributed by atoms with E-state index in [-0.39, 0.29) is 0 Å². The highest BCUT2D eigenvalue weighted by atomic mass is 15.0. The third-order valence-electron chi connectivity index (χ3n) is 5.03. The molecule has 0 aliphatic carbocycles. The predicted molar refractivity (Wildman–Crippen MR) is 124 cm³/mol. The largest absolute Gasteiger partial charge is 0.208 e. The van der Waals surface area contributed by atoms with Crippen molar-refractivity contribution < 1.29 is 0 Å². The molecule has 31 heavy (non-hydrogen) atoms. The van der Waals surface area contributed by atoms with Crippen molar-refractivity contribution in [2.45, 2.75) is 6.92 Å². The van der Waals surface area contributed by atoms with E-state index in [0.717, 1.165) is 33.4 Å². The fourth-order valence-corrected chi connectivity index (χ4v) is 3.40. The normalized spacial score (nSPS) is 10.5. The smallest absolute Gasteiger partial charge is 0.172 e. The first-order chi connectivity index (χ1) is 15.3. The molecule has 0 aliphatic rings. The fraction of sp³-hybridized carbons (Fsp3) is 0.0357. The van der Waals surface area contributed by atoms with Gasteiger partial charge in [-0.05, 0) is 41.8 Å². The third kappa shape index (κ3) is 4.05. The van der Waals surface area contributed by atoms with E-state index in [9.17, 15) is 0 Å². The van der Waals surface area contributed by atoms with Crippen LogP contribution in [0.4, 0.5) is 0 Å². The maximum Gasteiger partial charge on any atom is 0.172 e. The van der Waals surface area contributed by atoms with Crippen molar-refractivity contribution in [3.8, 4) is 45.3 Å². The van der Waals surface area contributed by atoms with Crippen LogP contribution in [0.3, 0.4) is 0 Å². The summed E-state index contributed by atoms with van der Waals surface area (Å²) < 4.78 is 0. The molecule has 5 rings (SSSR count). The zero-order chi connectivity index (χ0) is 21.0. The van der Waals surface area contributed by atoms with Crippen LogP contribution in [0.2, 0.25) is 0 Å². The van der Waals surface area contributed by atoms with Gasteiger partial charge in [0.15, 0.2) is 17.5 Å². The first-order valence-corrected chi connectivity index (χ1v) is 10.1. The quantitative estimate of drug-likeness (QED) is 0.350. The Hall–Kier alpha value is -4.29. The molecular formula is C28H19N3. The van der Waals surface area contributed by atoms with E-state index < -0.39 is 0 Å². The first kappa shape index (κ1) is 18.7. The van der Waals surface area contributed by atoms with Gasteiger partial charge in [-0.25, -0.2) is 15.0 Å². The third-order valence-corrected chi connectivity index (χ3v) is 5.03. The van der Waals surface area contributed by atoms with Crippen molar-refractivity contribution in [1.29, 1.82) is 0 Å². The van der Waals surface area contributed by atoms with Crippen molar-refractivity contribution in [2.24, 2.45) is 0 Å². The summed E-state index contributed by atoms with van der Waals surface area (Å²) in [6.45, 7) is 1.99. The zero-order valence-corrected chi connectivity index (χ0v) is 17.1.